The van der Waals surface area contributed by atoms with Crippen LogP contribution in [-0.4, -0.2) is 47.5 Å². The summed E-state index contributed by atoms with van der Waals surface area (Å²) in [5, 5.41) is 8.58. The maximum absolute atomic E-state index is 12.6. The molecule has 0 saturated heterocycles. The Hall–Kier alpha value is -2.57. The van der Waals surface area contributed by atoms with Crippen molar-refractivity contribution >= 4 is 17.7 Å². The Morgan fingerprint density at radius 1 is 1.12 bits per heavy atom. The molecule has 1 aromatic rings. The number of rotatable bonds is 9. The molecule has 1 atom stereocenters. The van der Waals surface area contributed by atoms with E-state index in [2.05, 4.69) is 0 Å². The van der Waals surface area contributed by atoms with E-state index in [1.165, 1.54) is 4.90 Å². The van der Waals surface area contributed by atoms with Crippen molar-refractivity contribution in [3.63, 3.8) is 0 Å². The average Bonchev–Trinajstić information content (AvgIpc) is 3.06. The molecule has 0 spiro atoms. The topological polar surface area (TPSA) is 93.1 Å². The first-order valence-electron chi connectivity index (χ1n) is 8.31. The fourth-order valence-electron chi connectivity index (χ4n) is 2.59. The molecule has 0 fully saturated rings. The molecule has 136 valence electrons. The fourth-order valence-corrected chi connectivity index (χ4v) is 2.59. The Bertz CT molecular complexity index is 657. The van der Waals surface area contributed by atoms with E-state index in [1.54, 1.807) is 32.2 Å². The number of ether oxygens (including phenoxy) is 2. The Morgan fingerprint density at radius 2 is 1.80 bits per heavy atom. The number of likely N-dealkylation sites (N-methyl/N-ethyl adjacent to an activating group) is 1. The van der Waals surface area contributed by atoms with E-state index in [9.17, 15) is 14.4 Å². The Labute approximate surface area is 146 Å². The number of fused-ring (bicyclic) bond motifs is 1. The first-order valence-corrected chi connectivity index (χ1v) is 8.31. The van der Waals surface area contributed by atoms with Crippen LogP contribution in [0.3, 0.4) is 0 Å². The summed E-state index contributed by atoms with van der Waals surface area (Å²) < 4.78 is 10.5. The minimum Gasteiger partial charge on any atom is -0.481 e. The Morgan fingerprint density at radius 3 is 2.52 bits per heavy atom. The third kappa shape index (κ3) is 4.95. The quantitative estimate of drug-likeness (QED) is 0.544. The van der Waals surface area contributed by atoms with Gasteiger partial charge in [-0.25, -0.2) is 0 Å². The van der Waals surface area contributed by atoms with Gasteiger partial charge in [0.05, 0.1) is 6.04 Å². The first-order chi connectivity index (χ1) is 11.9. The molecule has 25 heavy (non-hydrogen) atoms. The molecule has 0 radical (unpaired) electrons. The molecule has 1 amide bonds. The molecule has 1 heterocycles. The second kappa shape index (κ2) is 8.50. The van der Waals surface area contributed by atoms with Crippen molar-refractivity contribution in [3.8, 4) is 11.5 Å². The highest BCUT2D eigenvalue weighted by atomic mass is 16.7. The summed E-state index contributed by atoms with van der Waals surface area (Å²) in [5.41, 5.74) is 0.470. The number of hydrogen-bond donors (Lipinski definition) is 1. The molecule has 7 heteroatoms. The van der Waals surface area contributed by atoms with Crippen molar-refractivity contribution in [1.82, 2.24) is 4.90 Å². The predicted molar refractivity (Wildman–Crippen MR) is 89.8 cm³/mol. The maximum Gasteiger partial charge on any atom is 0.303 e. The summed E-state index contributed by atoms with van der Waals surface area (Å²) in [5.74, 6) is 0.0174. The number of ketones is 1. The van der Waals surface area contributed by atoms with Gasteiger partial charge in [-0.05, 0) is 38.0 Å². The van der Waals surface area contributed by atoms with E-state index < -0.39 is 12.0 Å². The van der Waals surface area contributed by atoms with Crippen molar-refractivity contribution in [2.45, 2.75) is 45.1 Å². The fraction of sp³-hybridized carbons (Fsp3) is 0.500. The van der Waals surface area contributed by atoms with Gasteiger partial charge in [0.15, 0.2) is 17.3 Å². The number of carboxylic acid groups (broad SMARTS) is 1. The van der Waals surface area contributed by atoms with Crippen LogP contribution in [0.2, 0.25) is 0 Å². The molecule has 1 aliphatic heterocycles. The van der Waals surface area contributed by atoms with E-state index in [0.29, 0.717) is 42.7 Å². The number of carbonyl (C=O) groups excluding carboxylic acids is 2. The highest BCUT2D eigenvalue weighted by Crippen LogP contribution is 2.33. The SMILES string of the molecule is C[C@H](C(=O)c1ccc2c(c1)OCO2)N(C)C(=O)CCCCCC(=O)O. The number of carbonyl (C=O) groups is 3. The number of carboxylic acids is 1. The third-order valence-corrected chi connectivity index (χ3v) is 4.29. The standard InChI is InChI=1S/C18H23NO6/c1-12(19(2)16(20)6-4-3-5-7-17(21)22)18(23)13-8-9-14-15(10-13)25-11-24-14/h8-10,12H,3-7,11H2,1-2H3,(H,21,22)/t12-/m1/s1. The summed E-state index contributed by atoms with van der Waals surface area (Å²) in [6, 6.07) is 4.39. The van der Waals surface area contributed by atoms with Crippen LogP contribution in [0.1, 0.15) is 49.4 Å². The highest BCUT2D eigenvalue weighted by molar-refractivity contribution is 6.02. The van der Waals surface area contributed by atoms with E-state index >= 15 is 0 Å². The van der Waals surface area contributed by atoms with Crippen molar-refractivity contribution in [2.75, 3.05) is 13.8 Å². The number of unbranched alkanes of at least 4 members (excludes halogenated alkanes) is 2. The van der Waals surface area contributed by atoms with Crippen LogP contribution in [0.15, 0.2) is 18.2 Å². The largest absolute Gasteiger partial charge is 0.481 e. The smallest absolute Gasteiger partial charge is 0.303 e. The number of hydrogen-bond acceptors (Lipinski definition) is 5. The predicted octanol–water partition coefficient (Wildman–Crippen LogP) is 2.48. The number of Topliss-reactive ketones (excluding diaryl/α,β-unsaturated/α-hetero) is 1. The lowest BCUT2D eigenvalue weighted by atomic mass is 10.0. The van der Waals surface area contributed by atoms with Crippen molar-refractivity contribution < 1.29 is 29.0 Å². The minimum absolute atomic E-state index is 0.114. The van der Waals surface area contributed by atoms with E-state index in [-0.39, 0.29) is 24.9 Å². The van der Waals surface area contributed by atoms with Crippen LogP contribution < -0.4 is 9.47 Å². The monoisotopic (exact) mass is 349 g/mol. The number of benzene rings is 1. The van der Waals surface area contributed by atoms with Crippen LogP contribution in [-0.2, 0) is 9.59 Å². The summed E-state index contributed by atoms with van der Waals surface area (Å²) in [6.07, 6.45) is 2.26. The number of amides is 1. The number of nitrogens with zero attached hydrogens (tertiary/aromatic N) is 1. The Kier molecular flexibility index (Phi) is 6.38. The zero-order valence-corrected chi connectivity index (χ0v) is 14.5. The van der Waals surface area contributed by atoms with Gasteiger partial charge < -0.3 is 19.5 Å². The van der Waals surface area contributed by atoms with Crippen molar-refractivity contribution in [3.05, 3.63) is 23.8 Å². The zero-order chi connectivity index (χ0) is 18.4. The molecule has 7 nitrogen and oxygen atoms in total. The van der Waals surface area contributed by atoms with Crippen LogP contribution in [0.5, 0.6) is 11.5 Å². The molecule has 2 rings (SSSR count). The van der Waals surface area contributed by atoms with Gasteiger partial charge in [0.25, 0.3) is 0 Å². The van der Waals surface area contributed by atoms with Gasteiger partial charge in [-0.3, -0.25) is 14.4 Å². The molecule has 0 aromatic heterocycles. The lowest BCUT2D eigenvalue weighted by Crippen LogP contribution is -2.40. The van der Waals surface area contributed by atoms with Crippen LogP contribution >= 0.6 is 0 Å². The summed E-state index contributed by atoms with van der Waals surface area (Å²) in [6.45, 7) is 1.83. The molecule has 0 saturated carbocycles. The van der Waals surface area contributed by atoms with Crippen LogP contribution in [0, 0.1) is 0 Å². The second-order valence-corrected chi connectivity index (χ2v) is 6.07. The first kappa shape index (κ1) is 18.8. The van der Waals surface area contributed by atoms with E-state index in [4.69, 9.17) is 14.6 Å². The molecule has 0 aliphatic carbocycles. The summed E-state index contributed by atoms with van der Waals surface area (Å²) >= 11 is 0. The van der Waals surface area contributed by atoms with Crippen LogP contribution in [0.25, 0.3) is 0 Å². The van der Waals surface area contributed by atoms with Crippen molar-refractivity contribution in [1.29, 1.82) is 0 Å². The molecular formula is C18H23NO6. The van der Waals surface area contributed by atoms with Gasteiger partial charge in [0, 0.05) is 25.5 Å². The summed E-state index contributed by atoms with van der Waals surface area (Å²) in [7, 11) is 1.61. The van der Waals surface area contributed by atoms with Gasteiger partial charge >= 0.3 is 5.97 Å². The van der Waals surface area contributed by atoms with Crippen molar-refractivity contribution in [2.24, 2.45) is 0 Å². The summed E-state index contributed by atoms with van der Waals surface area (Å²) in [4.78, 5) is 36.7. The lowest BCUT2D eigenvalue weighted by Gasteiger charge is -2.24. The van der Waals surface area contributed by atoms with Gasteiger partial charge in [-0.1, -0.05) is 6.42 Å². The second-order valence-electron chi connectivity index (χ2n) is 6.07. The van der Waals surface area contributed by atoms with Gasteiger partial charge in [-0.2, -0.15) is 0 Å². The van der Waals surface area contributed by atoms with E-state index in [1.807, 2.05) is 0 Å². The molecule has 1 aromatic carbocycles. The third-order valence-electron chi connectivity index (χ3n) is 4.29. The highest BCUT2D eigenvalue weighted by Gasteiger charge is 2.25. The Balaban J connectivity index is 1.85. The average molecular weight is 349 g/mol. The normalized spacial score (nSPS) is 13.4. The molecule has 0 bridgehead atoms. The van der Waals surface area contributed by atoms with E-state index in [0.717, 1.165) is 0 Å². The van der Waals surface area contributed by atoms with Gasteiger partial charge in [-0.15, -0.1) is 0 Å². The van der Waals surface area contributed by atoms with Gasteiger partial charge in [0.1, 0.15) is 0 Å². The maximum atomic E-state index is 12.6. The zero-order valence-electron chi connectivity index (χ0n) is 14.5. The number of aliphatic carboxylic acids is 1. The molecule has 1 aliphatic rings. The lowest BCUT2D eigenvalue weighted by molar-refractivity contribution is -0.137. The molecular weight excluding hydrogens is 326 g/mol. The minimum atomic E-state index is -0.827. The molecule has 0 unspecified atom stereocenters. The van der Waals surface area contributed by atoms with Crippen LogP contribution in [0.4, 0.5) is 0 Å². The van der Waals surface area contributed by atoms with Gasteiger partial charge in [0.2, 0.25) is 12.7 Å². The molecule has 1 N–H and O–H groups in total.